The molecule has 0 fully saturated rings. The third-order valence-corrected chi connectivity index (χ3v) is 3.18. The second-order valence-electron chi connectivity index (χ2n) is 3.60. The van der Waals surface area contributed by atoms with Crippen LogP contribution in [0, 0.1) is 6.92 Å². The number of aromatic nitrogens is 2. The summed E-state index contributed by atoms with van der Waals surface area (Å²) >= 11 is 3.22. The predicted molar refractivity (Wildman–Crippen MR) is 68.2 cm³/mol. The minimum atomic E-state index is -0.0713. The monoisotopic (exact) mass is 304 g/mol. The molecular weight excluding hydrogens is 288 g/mol. The molecule has 0 atom stereocenters. The lowest BCUT2D eigenvalue weighted by Gasteiger charge is -2.07. The van der Waals surface area contributed by atoms with E-state index in [0.717, 1.165) is 6.42 Å². The topological polar surface area (TPSA) is 53.4 Å². The summed E-state index contributed by atoms with van der Waals surface area (Å²) in [6.07, 6.45) is 2.40. The Kier molecular flexibility index (Phi) is 6.39. The summed E-state index contributed by atoms with van der Waals surface area (Å²) in [5.41, 5.74) is 0.630. The molecule has 96 valence electrons. The van der Waals surface area contributed by atoms with E-state index in [4.69, 9.17) is 9.47 Å². The molecule has 0 bridgehead atoms. The summed E-state index contributed by atoms with van der Waals surface area (Å²) in [5.74, 6) is 0. The first-order chi connectivity index (χ1) is 8.16. The Morgan fingerprint density at radius 3 is 2.88 bits per heavy atom. The summed E-state index contributed by atoms with van der Waals surface area (Å²) in [6.45, 7) is 4.14. The van der Waals surface area contributed by atoms with Gasteiger partial charge in [-0.15, -0.1) is 0 Å². The van der Waals surface area contributed by atoms with Crippen LogP contribution in [0.5, 0.6) is 0 Å². The average molecular weight is 305 g/mol. The Morgan fingerprint density at radius 1 is 1.41 bits per heavy atom. The number of ether oxygens (including phenoxy) is 2. The number of aryl methyl sites for hydroxylation is 1. The van der Waals surface area contributed by atoms with Crippen molar-refractivity contribution >= 4 is 15.9 Å². The molecule has 1 aromatic rings. The van der Waals surface area contributed by atoms with E-state index in [-0.39, 0.29) is 5.56 Å². The summed E-state index contributed by atoms with van der Waals surface area (Å²) in [6, 6.07) is 0. The predicted octanol–water partition coefficient (Wildman–Crippen LogP) is 1.37. The van der Waals surface area contributed by atoms with Crippen molar-refractivity contribution in [2.24, 2.45) is 0 Å². The molecule has 0 radical (unpaired) electrons. The zero-order valence-corrected chi connectivity index (χ0v) is 11.7. The normalized spacial score (nSPS) is 10.8. The van der Waals surface area contributed by atoms with Gasteiger partial charge < -0.3 is 9.47 Å². The molecule has 1 rings (SSSR count). The van der Waals surface area contributed by atoms with Gasteiger partial charge >= 0.3 is 0 Å². The van der Waals surface area contributed by atoms with Crippen molar-refractivity contribution in [3.05, 3.63) is 26.8 Å². The van der Waals surface area contributed by atoms with Gasteiger partial charge in [-0.25, -0.2) is 4.98 Å². The SMILES string of the molecule is COCCCOCCn1cnc(C)c(Br)c1=O. The van der Waals surface area contributed by atoms with Crippen LogP contribution in [-0.4, -0.2) is 36.5 Å². The molecule has 0 saturated heterocycles. The Hall–Kier alpha value is -0.720. The summed E-state index contributed by atoms with van der Waals surface area (Å²) in [5, 5.41) is 0. The maximum Gasteiger partial charge on any atom is 0.267 e. The summed E-state index contributed by atoms with van der Waals surface area (Å²) < 4.78 is 12.3. The lowest BCUT2D eigenvalue weighted by molar-refractivity contribution is 0.0970. The van der Waals surface area contributed by atoms with Gasteiger partial charge in [0.15, 0.2) is 0 Å². The van der Waals surface area contributed by atoms with Crippen LogP contribution in [0.3, 0.4) is 0 Å². The van der Waals surface area contributed by atoms with Crippen LogP contribution < -0.4 is 5.56 Å². The zero-order chi connectivity index (χ0) is 12.7. The van der Waals surface area contributed by atoms with Gasteiger partial charge in [0.25, 0.3) is 5.56 Å². The van der Waals surface area contributed by atoms with Gasteiger partial charge in [-0.1, -0.05) is 0 Å². The summed E-state index contributed by atoms with van der Waals surface area (Å²) in [7, 11) is 1.66. The highest BCUT2D eigenvalue weighted by atomic mass is 79.9. The third-order valence-electron chi connectivity index (χ3n) is 2.27. The first-order valence-corrected chi connectivity index (χ1v) is 6.24. The van der Waals surface area contributed by atoms with Crippen LogP contribution in [0.15, 0.2) is 15.6 Å². The fourth-order valence-electron chi connectivity index (χ4n) is 1.28. The molecule has 5 nitrogen and oxygen atoms in total. The number of rotatable bonds is 7. The van der Waals surface area contributed by atoms with Crippen molar-refractivity contribution in [2.45, 2.75) is 19.9 Å². The molecule has 0 aliphatic carbocycles. The molecule has 0 aliphatic heterocycles. The van der Waals surface area contributed by atoms with E-state index in [9.17, 15) is 4.79 Å². The first-order valence-electron chi connectivity index (χ1n) is 5.45. The second-order valence-corrected chi connectivity index (χ2v) is 4.39. The minimum absolute atomic E-state index is 0.0713. The molecule has 1 heterocycles. The van der Waals surface area contributed by atoms with Gasteiger partial charge in [0, 0.05) is 20.3 Å². The number of hydrogen-bond acceptors (Lipinski definition) is 4. The van der Waals surface area contributed by atoms with Gasteiger partial charge in [0.1, 0.15) is 4.47 Å². The minimum Gasteiger partial charge on any atom is -0.385 e. The van der Waals surface area contributed by atoms with Crippen LogP contribution in [0.1, 0.15) is 12.1 Å². The van der Waals surface area contributed by atoms with Crippen molar-refractivity contribution in [3.63, 3.8) is 0 Å². The fourth-order valence-corrected chi connectivity index (χ4v) is 1.61. The Bertz CT molecular complexity index is 406. The molecule has 1 aromatic heterocycles. The number of methoxy groups -OCH3 is 1. The molecule has 0 saturated carbocycles. The van der Waals surface area contributed by atoms with Crippen molar-refractivity contribution in [2.75, 3.05) is 26.9 Å². The first kappa shape index (κ1) is 14.3. The van der Waals surface area contributed by atoms with E-state index in [0.29, 0.717) is 36.5 Å². The van der Waals surface area contributed by atoms with Crippen LogP contribution in [-0.2, 0) is 16.0 Å². The molecule has 0 aliphatic rings. The van der Waals surface area contributed by atoms with Gasteiger partial charge in [0.05, 0.1) is 25.2 Å². The zero-order valence-electron chi connectivity index (χ0n) is 10.1. The molecule has 0 aromatic carbocycles. The molecular formula is C11H17BrN2O3. The van der Waals surface area contributed by atoms with Crippen LogP contribution in [0.2, 0.25) is 0 Å². The molecule has 0 unspecified atom stereocenters. The molecule has 17 heavy (non-hydrogen) atoms. The van der Waals surface area contributed by atoms with E-state index < -0.39 is 0 Å². The van der Waals surface area contributed by atoms with Crippen molar-refractivity contribution in [1.29, 1.82) is 0 Å². The molecule has 6 heteroatoms. The van der Waals surface area contributed by atoms with Crippen molar-refractivity contribution in [1.82, 2.24) is 9.55 Å². The number of hydrogen-bond donors (Lipinski definition) is 0. The average Bonchev–Trinajstić information content (AvgIpc) is 2.33. The van der Waals surface area contributed by atoms with Crippen LogP contribution >= 0.6 is 15.9 Å². The van der Waals surface area contributed by atoms with E-state index >= 15 is 0 Å². The lowest BCUT2D eigenvalue weighted by Crippen LogP contribution is -2.24. The standard InChI is InChI=1S/C11H17BrN2O3/c1-9-10(12)11(15)14(8-13-9)4-7-17-6-3-5-16-2/h8H,3-7H2,1-2H3. The van der Waals surface area contributed by atoms with E-state index in [1.807, 2.05) is 0 Å². The van der Waals surface area contributed by atoms with E-state index in [1.54, 1.807) is 20.4 Å². The van der Waals surface area contributed by atoms with Crippen molar-refractivity contribution in [3.8, 4) is 0 Å². The highest BCUT2D eigenvalue weighted by Crippen LogP contribution is 2.05. The molecule has 0 spiro atoms. The van der Waals surface area contributed by atoms with Gasteiger partial charge in [-0.05, 0) is 29.3 Å². The van der Waals surface area contributed by atoms with Crippen molar-refractivity contribution < 1.29 is 9.47 Å². The Balaban J connectivity index is 2.37. The largest absolute Gasteiger partial charge is 0.385 e. The lowest BCUT2D eigenvalue weighted by atomic mass is 10.4. The maximum absolute atomic E-state index is 11.8. The van der Waals surface area contributed by atoms with Gasteiger partial charge in [0.2, 0.25) is 0 Å². The van der Waals surface area contributed by atoms with Crippen LogP contribution in [0.4, 0.5) is 0 Å². The van der Waals surface area contributed by atoms with E-state index in [1.165, 1.54) is 4.57 Å². The third kappa shape index (κ3) is 4.57. The van der Waals surface area contributed by atoms with E-state index in [2.05, 4.69) is 20.9 Å². The second kappa shape index (κ2) is 7.58. The molecule has 0 N–H and O–H groups in total. The molecule has 0 amide bonds. The fraction of sp³-hybridized carbons (Fsp3) is 0.636. The number of nitrogens with zero attached hydrogens (tertiary/aromatic N) is 2. The highest BCUT2D eigenvalue weighted by Gasteiger charge is 2.04. The summed E-state index contributed by atoms with van der Waals surface area (Å²) in [4.78, 5) is 15.9. The van der Waals surface area contributed by atoms with Crippen LogP contribution in [0.25, 0.3) is 0 Å². The maximum atomic E-state index is 11.8. The van der Waals surface area contributed by atoms with Gasteiger partial charge in [-0.3, -0.25) is 9.36 Å². The number of halogens is 1. The quantitative estimate of drug-likeness (QED) is 0.714. The smallest absolute Gasteiger partial charge is 0.267 e. The van der Waals surface area contributed by atoms with Gasteiger partial charge in [-0.2, -0.15) is 0 Å². The highest BCUT2D eigenvalue weighted by molar-refractivity contribution is 9.10. The Labute approximate surface area is 109 Å². The Morgan fingerprint density at radius 2 is 2.18 bits per heavy atom.